The number of aryl methyl sites for hydroxylation is 1. The highest BCUT2D eigenvalue weighted by molar-refractivity contribution is 5.77. The predicted molar refractivity (Wildman–Crippen MR) is 66.7 cm³/mol. The Morgan fingerprint density at radius 2 is 1.73 bits per heavy atom. The monoisotopic (exact) mass is 198 g/mol. The molecule has 2 rings (SSSR count). The first-order chi connectivity index (χ1) is 7.18. The van der Waals surface area contributed by atoms with E-state index in [4.69, 9.17) is 0 Å². The second kappa shape index (κ2) is 4.06. The Kier molecular flexibility index (Phi) is 2.77. The van der Waals surface area contributed by atoms with Gasteiger partial charge in [-0.05, 0) is 37.3 Å². The van der Waals surface area contributed by atoms with E-state index in [0.29, 0.717) is 5.92 Å². The van der Waals surface area contributed by atoms with Crippen molar-refractivity contribution in [1.82, 2.24) is 0 Å². The van der Waals surface area contributed by atoms with E-state index in [-0.39, 0.29) is 0 Å². The molecule has 1 atom stereocenters. The van der Waals surface area contributed by atoms with Gasteiger partial charge in [0.1, 0.15) is 0 Å². The molecule has 0 aliphatic heterocycles. The first kappa shape index (κ1) is 10.2. The van der Waals surface area contributed by atoms with Crippen molar-refractivity contribution in [1.29, 1.82) is 0 Å². The van der Waals surface area contributed by atoms with Crippen LogP contribution in [0.4, 0.5) is 0 Å². The van der Waals surface area contributed by atoms with Gasteiger partial charge in [0.25, 0.3) is 0 Å². The molecule has 1 unspecified atom stereocenters. The molecule has 0 N–H and O–H groups in total. The average Bonchev–Trinajstić information content (AvgIpc) is 2.24. The van der Waals surface area contributed by atoms with Gasteiger partial charge in [0.15, 0.2) is 0 Å². The van der Waals surface area contributed by atoms with Gasteiger partial charge in [-0.15, -0.1) is 0 Å². The van der Waals surface area contributed by atoms with Crippen molar-refractivity contribution in [2.24, 2.45) is 5.92 Å². The summed E-state index contributed by atoms with van der Waals surface area (Å²) in [6, 6.07) is 8.80. The molecule has 1 aliphatic carbocycles. The summed E-state index contributed by atoms with van der Waals surface area (Å²) in [6.07, 6.45) is 5.73. The van der Waals surface area contributed by atoms with Gasteiger partial charge in [-0.25, -0.2) is 0 Å². The highest BCUT2D eigenvalue weighted by Gasteiger charge is 2.12. The molecule has 0 heteroatoms. The lowest BCUT2D eigenvalue weighted by Gasteiger charge is -2.19. The van der Waals surface area contributed by atoms with E-state index in [1.807, 2.05) is 0 Å². The highest BCUT2D eigenvalue weighted by Crippen LogP contribution is 2.30. The summed E-state index contributed by atoms with van der Waals surface area (Å²) in [5.74, 6) is 0.686. The van der Waals surface area contributed by atoms with Crippen LogP contribution in [-0.4, -0.2) is 0 Å². The number of hydrogen-bond acceptors (Lipinski definition) is 0. The molecule has 0 nitrogen and oxygen atoms in total. The minimum atomic E-state index is 0.686. The Morgan fingerprint density at radius 1 is 1.07 bits per heavy atom. The summed E-state index contributed by atoms with van der Waals surface area (Å²) in [5.41, 5.74) is 5.60. The van der Waals surface area contributed by atoms with E-state index in [2.05, 4.69) is 57.2 Å². The lowest BCUT2D eigenvalue weighted by Crippen LogP contribution is -2.02. The number of hydrogen-bond donors (Lipinski definition) is 0. The molecular weight excluding hydrogens is 180 g/mol. The van der Waals surface area contributed by atoms with Gasteiger partial charge in [0, 0.05) is 0 Å². The lowest BCUT2D eigenvalue weighted by molar-refractivity contribution is 0.690. The fraction of sp³-hybridized carbons (Fsp3) is 0.333. The first-order valence-electron chi connectivity index (χ1n) is 5.63. The van der Waals surface area contributed by atoms with E-state index < -0.39 is 0 Å². The highest BCUT2D eigenvalue weighted by atomic mass is 14.2. The van der Waals surface area contributed by atoms with Crippen LogP contribution in [0, 0.1) is 12.8 Å². The van der Waals surface area contributed by atoms with Crippen LogP contribution < -0.4 is 0 Å². The van der Waals surface area contributed by atoms with Crippen LogP contribution >= 0.6 is 0 Å². The van der Waals surface area contributed by atoms with Crippen LogP contribution in [0.5, 0.6) is 0 Å². The summed E-state index contributed by atoms with van der Waals surface area (Å²) in [4.78, 5) is 0. The molecule has 0 aromatic heterocycles. The molecular formula is C15H18. The zero-order valence-electron chi connectivity index (χ0n) is 9.75. The second-order valence-electron chi connectivity index (χ2n) is 4.50. The van der Waals surface area contributed by atoms with Crippen LogP contribution in [0.25, 0.3) is 5.57 Å². The molecule has 0 amide bonds. The Bertz CT molecular complexity index is 404. The third kappa shape index (κ3) is 2.04. The van der Waals surface area contributed by atoms with Crippen molar-refractivity contribution < 1.29 is 0 Å². The van der Waals surface area contributed by atoms with E-state index in [0.717, 1.165) is 0 Å². The van der Waals surface area contributed by atoms with E-state index in [1.54, 1.807) is 0 Å². The van der Waals surface area contributed by atoms with Crippen molar-refractivity contribution in [2.75, 3.05) is 0 Å². The SMILES string of the molecule is CC1=C(c2ccc(C)cc2)C=CCC1C. The van der Waals surface area contributed by atoms with Gasteiger partial charge in [0.05, 0.1) is 0 Å². The van der Waals surface area contributed by atoms with Crippen LogP contribution in [-0.2, 0) is 0 Å². The molecule has 0 radical (unpaired) electrons. The Labute approximate surface area is 92.3 Å². The molecule has 0 fully saturated rings. The topological polar surface area (TPSA) is 0 Å². The van der Waals surface area contributed by atoms with Crippen LogP contribution in [0.2, 0.25) is 0 Å². The summed E-state index contributed by atoms with van der Waals surface area (Å²) in [5, 5.41) is 0. The number of benzene rings is 1. The van der Waals surface area contributed by atoms with E-state index >= 15 is 0 Å². The number of allylic oxidation sites excluding steroid dienone is 4. The summed E-state index contributed by atoms with van der Waals surface area (Å²) in [6.45, 7) is 6.68. The summed E-state index contributed by atoms with van der Waals surface area (Å²) >= 11 is 0. The van der Waals surface area contributed by atoms with E-state index in [9.17, 15) is 0 Å². The van der Waals surface area contributed by atoms with Gasteiger partial charge >= 0.3 is 0 Å². The molecule has 0 bridgehead atoms. The molecule has 1 aromatic carbocycles. The van der Waals surface area contributed by atoms with Crippen molar-refractivity contribution in [3.05, 3.63) is 53.1 Å². The van der Waals surface area contributed by atoms with Crippen molar-refractivity contribution in [2.45, 2.75) is 27.2 Å². The van der Waals surface area contributed by atoms with Gasteiger partial charge in [-0.2, -0.15) is 0 Å². The van der Waals surface area contributed by atoms with Gasteiger partial charge < -0.3 is 0 Å². The zero-order chi connectivity index (χ0) is 10.8. The minimum absolute atomic E-state index is 0.686. The van der Waals surface area contributed by atoms with Crippen LogP contribution in [0.3, 0.4) is 0 Å². The molecule has 0 saturated carbocycles. The zero-order valence-corrected chi connectivity index (χ0v) is 9.75. The molecule has 1 aliphatic rings. The fourth-order valence-electron chi connectivity index (χ4n) is 2.02. The van der Waals surface area contributed by atoms with E-state index in [1.165, 1.54) is 28.7 Å². The summed E-state index contributed by atoms with van der Waals surface area (Å²) in [7, 11) is 0. The average molecular weight is 198 g/mol. The molecule has 1 aromatic rings. The Hall–Kier alpha value is -1.30. The number of rotatable bonds is 1. The second-order valence-corrected chi connectivity index (χ2v) is 4.50. The van der Waals surface area contributed by atoms with Crippen LogP contribution in [0.1, 0.15) is 31.4 Å². The first-order valence-corrected chi connectivity index (χ1v) is 5.63. The maximum atomic E-state index is 2.30. The molecule has 0 spiro atoms. The maximum Gasteiger partial charge on any atom is -0.0184 e. The van der Waals surface area contributed by atoms with Gasteiger partial charge in [-0.1, -0.05) is 54.5 Å². The molecule has 15 heavy (non-hydrogen) atoms. The lowest BCUT2D eigenvalue weighted by atomic mass is 9.86. The maximum absolute atomic E-state index is 2.30. The predicted octanol–water partition coefficient (Wildman–Crippen LogP) is 4.36. The van der Waals surface area contributed by atoms with Crippen LogP contribution in [0.15, 0.2) is 42.0 Å². The normalized spacial score (nSPS) is 20.9. The molecule has 78 valence electrons. The Morgan fingerprint density at radius 3 is 2.40 bits per heavy atom. The third-order valence-corrected chi connectivity index (χ3v) is 3.30. The third-order valence-electron chi connectivity index (χ3n) is 3.30. The van der Waals surface area contributed by atoms with Crippen molar-refractivity contribution in [3.63, 3.8) is 0 Å². The van der Waals surface area contributed by atoms with Gasteiger partial charge in [-0.3, -0.25) is 0 Å². The van der Waals surface area contributed by atoms with Crippen molar-refractivity contribution in [3.8, 4) is 0 Å². The smallest absolute Gasteiger partial charge is 0.0184 e. The van der Waals surface area contributed by atoms with Crippen molar-refractivity contribution >= 4 is 5.57 Å². The molecule has 0 saturated heterocycles. The minimum Gasteiger partial charge on any atom is -0.0833 e. The Balaban J connectivity index is 2.42. The molecule has 0 heterocycles. The van der Waals surface area contributed by atoms with Gasteiger partial charge in [0.2, 0.25) is 0 Å². The fourth-order valence-corrected chi connectivity index (χ4v) is 2.02. The summed E-state index contributed by atoms with van der Waals surface area (Å²) < 4.78 is 0. The quantitative estimate of drug-likeness (QED) is 0.628. The standard InChI is InChI=1S/C15H18/c1-11-7-9-14(10-8-11)15-6-4-5-12(2)13(15)3/h4,6-10,12H,5H2,1-3H3. The largest absolute Gasteiger partial charge is 0.0833 e.